The second kappa shape index (κ2) is 11.4. The number of benzene rings is 1. The highest BCUT2D eigenvalue weighted by atomic mass is 16.7. The molecular formula is C29H40N6O7. The van der Waals surface area contributed by atoms with Gasteiger partial charge >= 0.3 is 18.2 Å². The first-order valence-corrected chi connectivity index (χ1v) is 14.4. The first-order valence-electron chi connectivity index (χ1n) is 14.4. The van der Waals surface area contributed by atoms with Crippen LogP contribution >= 0.6 is 0 Å². The van der Waals surface area contributed by atoms with E-state index in [0.717, 1.165) is 12.0 Å². The zero-order valence-corrected chi connectivity index (χ0v) is 25.0. The van der Waals surface area contributed by atoms with E-state index in [2.05, 4.69) is 15.5 Å². The molecule has 0 radical (unpaired) electrons. The Morgan fingerprint density at radius 3 is 2.29 bits per heavy atom. The summed E-state index contributed by atoms with van der Waals surface area (Å²) in [4.78, 5) is 48.0. The predicted octanol–water partition coefficient (Wildman–Crippen LogP) is 4.72. The molecule has 3 aliphatic rings. The fraction of sp³-hybridized carbons (Fsp3) is 0.621. The van der Waals surface area contributed by atoms with Crippen LogP contribution in [0.4, 0.5) is 14.4 Å². The SMILES string of the molecule is CC(C)(C)OC(=O)NC1CC(c2nnc([C@@H]3CCC4CN3C(=O)N4OCc3ccccc3)o2)N(C(=O)OC(C)(C)C)C1. The summed E-state index contributed by atoms with van der Waals surface area (Å²) in [7, 11) is 0. The van der Waals surface area contributed by atoms with Crippen molar-refractivity contribution in [3.8, 4) is 0 Å². The van der Waals surface area contributed by atoms with E-state index >= 15 is 0 Å². The van der Waals surface area contributed by atoms with E-state index in [0.29, 0.717) is 31.9 Å². The molecule has 4 atom stereocenters. The molecule has 1 N–H and O–H groups in total. The molecule has 2 aromatic rings. The number of carbonyl (C=O) groups is 3. The van der Waals surface area contributed by atoms with Crippen LogP contribution in [-0.2, 0) is 20.9 Å². The average molecular weight is 585 g/mol. The lowest BCUT2D eigenvalue weighted by Crippen LogP contribution is -2.42. The number of alkyl carbamates (subject to hydrolysis) is 1. The molecule has 3 fully saturated rings. The van der Waals surface area contributed by atoms with Crippen LogP contribution in [0.3, 0.4) is 0 Å². The monoisotopic (exact) mass is 584 g/mol. The number of aromatic nitrogens is 2. The van der Waals surface area contributed by atoms with Gasteiger partial charge in [0.05, 0.1) is 12.1 Å². The Bertz CT molecular complexity index is 1290. The maximum absolute atomic E-state index is 13.3. The number of hydrogen-bond donors (Lipinski definition) is 1. The van der Waals surface area contributed by atoms with Crippen molar-refractivity contribution in [1.82, 2.24) is 30.4 Å². The summed E-state index contributed by atoms with van der Waals surface area (Å²) in [6.45, 7) is 11.7. The smallest absolute Gasteiger partial charge is 0.411 e. The number of piperidine rings is 1. The highest BCUT2D eigenvalue weighted by Crippen LogP contribution is 2.40. The summed E-state index contributed by atoms with van der Waals surface area (Å²) in [5.74, 6) is 0.518. The first kappa shape index (κ1) is 29.6. The van der Waals surface area contributed by atoms with E-state index in [1.54, 1.807) is 46.4 Å². The van der Waals surface area contributed by atoms with Crippen LogP contribution in [0.1, 0.15) is 90.2 Å². The molecule has 4 amide bonds. The number of carbonyl (C=O) groups excluding carboxylic acids is 3. The van der Waals surface area contributed by atoms with Gasteiger partial charge < -0.3 is 24.1 Å². The van der Waals surface area contributed by atoms with Gasteiger partial charge in [-0.3, -0.25) is 9.74 Å². The van der Waals surface area contributed by atoms with Crippen LogP contribution in [0.15, 0.2) is 34.7 Å². The van der Waals surface area contributed by atoms with E-state index in [1.807, 2.05) is 30.3 Å². The zero-order valence-electron chi connectivity index (χ0n) is 25.0. The van der Waals surface area contributed by atoms with E-state index in [9.17, 15) is 14.4 Å². The van der Waals surface area contributed by atoms with Gasteiger partial charge in [-0.15, -0.1) is 10.2 Å². The number of ether oxygens (including phenoxy) is 2. The molecule has 0 aliphatic carbocycles. The summed E-state index contributed by atoms with van der Waals surface area (Å²) in [6.07, 6.45) is 0.548. The minimum Gasteiger partial charge on any atom is -0.444 e. The van der Waals surface area contributed by atoms with Crippen LogP contribution in [0.25, 0.3) is 0 Å². The van der Waals surface area contributed by atoms with Gasteiger partial charge in [0.1, 0.15) is 29.9 Å². The second-order valence-electron chi connectivity index (χ2n) is 13.0. The van der Waals surface area contributed by atoms with Crippen molar-refractivity contribution in [3.63, 3.8) is 0 Å². The Morgan fingerprint density at radius 2 is 1.62 bits per heavy atom. The summed E-state index contributed by atoms with van der Waals surface area (Å²) < 4.78 is 17.2. The first-order chi connectivity index (χ1) is 19.8. The lowest BCUT2D eigenvalue weighted by molar-refractivity contribution is -0.140. The van der Waals surface area contributed by atoms with Gasteiger partial charge in [0.2, 0.25) is 11.8 Å². The average Bonchev–Trinajstić information content (AvgIpc) is 3.59. The molecule has 13 nitrogen and oxygen atoms in total. The van der Waals surface area contributed by atoms with Gasteiger partial charge in [0.15, 0.2) is 0 Å². The van der Waals surface area contributed by atoms with Gasteiger partial charge in [-0.05, 0) is 66.4 Å². The van der Waals surface area contributed by atoms with Crippen LogP contribution in [0, 0.1) is 0 Å². The topological polar surface area (TPSA) is 140 Å². The molecule has 2 bridgehead atoms. The lowest BCUT2D eigenvalue weighted by Gasteiger charge is -2.28. The van der Waals surface area contributed by atoms with E-state index in [4.69, 9.17) is 18.7 Å². The third kappa shape index (κ3) is 6.77. The number of nitrogens with zero attached hydrogens (tertiary/aromatic N) is 5. The molecule has 1 aromatic heterocycles. The van der Waals surface area contributed by atoms with Crippen LogP contribution in [-0.4, -0.2) is 79.7 Å². The van der Waals surface area contributed by atoms with Gasteiger partial charge in [0.25, 0.3) is 0 Å². The molecule has 3 saturated heterocycles. The molecular weight excluding hydrogens is 544 g/mol. The van der Waals surface area contributed by atoms with Crippen LogP contribution in [0.2, 0.25) is 0 Å². The molecule has 0 saturated carbocycles. The molecule has 13 heteroatoms. The van der Waals surface area contributed by atoms with Crippen molar-refractivity contribution in [2.24, 2.45) is 0 Å². The Labute approximate surface area is 245 Å². The number of hydroxylamine groups is 2. The Balaban J connectivity index is 1.29. The molecule has 3 unspecified atom stereocenters. The summed E-state index contributed by atoms with van der Waals surface area (Å²) in [5.41, 5.74) is -0.408. The molecule has 5 rings (SSSR count). The number of nitrogens with one attached hydrogen (secondary N) is 1. The molecule has 0 spiro atoms. The molecule has 4 heterocycles. The maximum atomic E-state index is 13.3. The fourth-order valence-electron chi connectivity index (χ4n) is 5.46. The van der Waals surface area contributed by atoms with Crippen molar-refractivity contribution in [1.29, 1.82) is 0 Å². The van der Waals surface area contributed by atoms with Crippen LogP contribution < -0.4 is 5.32 Å². The normalized spacial score (nSPS) is 24.2. The van der Waals surface area contributed by atoms with Gasteiger partial charge in [-0.25, -0.2) is 14.4 Å². The molecule has 3 aliphatic heterocycles. The largest absolute Gasteiger partial charge is 0.444 e. The third-order valence-corrected chi connectivity index (χ3v) is 7.21. The van der Waals surface area contributed by atoms with E-state index in [-0.39, 0.29) is 24.5 Å². The molecule has 42 heavy (non-hydrogen) atoms. The Morgan fingerprint density at radius 1 is 0.952 bits per heavy atom. The molecule has 1 aromatic carbocycles. The number of likely N-dealkylation sites (tertiary alicyclic amines) is 1. The van der Waals surface area contributed by atoms with Crippen molar-refractivity contribution < 1.29 is 33.1 Å². The minimum atomic E-state index is -0.721. The second-order valence-corrected chi connectivity index (χ2v) is 13.0. The van der Waals surface area contributed by atoms with Gasteiger partial charge in [-0.1, -0.05) is 30.3 Å². The standard InChI is InChI=1S/C29H40N6O7/c1-28(2,3)41-25(36)30-19-14-22(34(15-19)27(38)42-29(4,5)6)24-32-31-23(40-24)21-13-12-20-16-33(21)26(37)35(20)39-17-18-10-8-7-9-11-18/h7-11,19-22H,12-17H2,1-6H3,(H,30,36)/t19?,20?,21-,22?/m0/s1. The minimum absolute atomic E-state index is 0.0583. The zero-order chi connectivity index (χ0) is 30.2. The number of rotatable bonds is 6. The number of urea groups is 1. The summed E-state index contributed by atoms with van der Waals surface area (Å²) in [6, 6.07) is 7.94. The van der Waals surface area contributed by atoms with E-state index in [1.165, 1.54) is 9.96 Å². The van der Waals surface area contributed by atoms with E-state index < -0.39 is 41.5 Å². The summed E-state index contributed by atoms with van der Waals surface area (Å²) >= 11 is 0. The van der Waals surface area contributed by atoms with Gasteiger partial charge in [0, 0.05) is 13.1 Å². The highest BCUT2D eigenvalue weighted by Gasteiger charge is 2.48. The lowest BCUT2D eigenvalue weighted by atomic mass is 10.0. The third-order valence-electron chi connectivity index (χ3n) is 7.21. The number of fused-ring (bicyclic) bond motifs is 2. The number of hydrogen-bond acceptors (Lipinski definition) is 9. The van der Waals surface area contributed by atoms with Gasteiger partial charge in [-0.2, -0.15) is 5.06 Å². The predicted molar refractivity (Wildman–Crippen MR) is 149 cm³/mol. The fourth-order valence-corrected chi connectivity index (χ4v) is 5.46. The van der Waals surface area contributed by atoms with Crippen LogP contribution in [0.5, 0.6) is 0 Å². The number of amides is 4. The van der Waals surface area contributed by atoms with Crippen molar-refractivity contribution >= 4 is 18.2 Å². The van der Waals surface area contributed by atoms with Crippen molar-refractivity contribution in [2.75, 3.05) is 13.1 Å². The maximum Gasteiger partial charge on any atom is 0.411 e. The Hall–Kier alpha value is -3.87. The summed E-state index contributed by atoms with van der Waals surface area (Å²) in [5, 5.41) is 12.9. The van der Waals surface area contributed by atoms with Crippen molar-refractivity contribution in [3.05, 3.63) is 47.7 Å². The van der Waals surface area contributed by atoms with Crippen molar-refractivity contribution in [2.45, 2.75) is 103 Å². The quantitative estimate of drug-likeness (QED) is 0.511. The highest BCUT2D eigenvalue weighted by molar-refractivity contribution is 5.77. The molecule has 228 valence electrons. The Kier molecular flexibility index (Phi) is 8.06.